The molecule has 0 saturated carbocycles. The average molecular weight is 652 g/mol. The summed E-state index contributed by atoms with van der Waals surface area (Å²) in [5.41, 5.74) is 11.3. The number of aryl methyl sites for hydroxylation is 1. The highest BCUT2D eigenvalue weighted by Crippen LogP contribution is 2.07. The largest absolute Gasteiger partial charge is 0.351 e. The van der Waals surface area contributed by atoms with Crippen molar-refractivity contribution in [3.8, 4) is 0 Å². The molecule has 0 bridgehead atoms. The molecule has 47 heavy (non-hydrogen) atoms. The van der Waals surface area contributed by atoms with E-state index < -0.39 is 6.04 Å². The van der Waals surface area contributed by atoms with Crippen molar-refractivity contribution in [2.45, 2.75) is 32.0 Å². The summed E-state index contributed by atoms with van der Waals surface area (Å²) < 4.78 is 0. The molecular weight excluding hydrogens is 602 g/mol. The minimum Gasteiger partial charge on any atom is -0.351 e. The van der Waals surface area contributed by atoms with Gasteiger partial charge in [0.2, 0.25) is 5.91 Å². The Hall–Kier alpha value is -3.85. The van der Waals surface area contributed by atoms with Crippen molar-refractivity contribution in [2.24, 2.45) is 5.73 Å². The van der Waals surface area contributed by atoms with Gasteiger partial charge in [-0.3, -0.25) is 34.0 Å². The Morgan fingerprint density at radius 3 is 1.70 bits per heavy atom. The molecule has 1 atom stereocenters. The maximum Gasteiger partial charge on any atom is 0.260 e. The van der Waals surface area contributed by atoms with Crippen LogP contribution in [0.5, 0.6) is 0 Å². The van der Waals surface area contributed by atoms with Gasteiger partial charge in [-0.15, -0.1) is 0 Å². The molecule has 0 unspecified atom stereocenters. The molecule has 0 aromatic heterocycles. The van der Waals surface area contributed by atoms with Crippen LogP contribution in [0, 0.1) is 0 Å². The number of rotatable bonds is 17. The van der Waals surface area contributed by atoms with Crippen LogP contribution in [-0.2, 0) is 48.4 Å². The topological polar surface area (TPSA) is 158 Å². The summed E-state index contributed by atoms with van der Waals surface area (Å²) in [7, 11) is 0. The lowest BCUT2D eigenvalue weighted by atomic mass is 10.1. The number of carbonyl (C=O) groups is 5. The maximum atomic E-state index is 12.9. The molecule has 13 heteroatoms. The van der Waals surface area contributed by atoms with Crippen LogP contribution in [0.1, 0.15) is 23.1 Å². The molecule has 1 aliphatic rings. The van der Waals surface area contributed by atoms with E-state index in [0.29, 0.717) is 78.3 Å². The maximum absolute atomic E-state index is 12.9. The molecule has 0 aliphatic carbocycles. The predicted octanol–water partition coefficient (Wildman–Crippen LogP) is -0.371. The van der Waals surface area contributed by atoms with Crippen LogP contribution in [0.3, 0.4) is 0 Å². The van der Waals surface area contributed by atoms with E-state index in [-0.39, 0.29) is 38.1 Å². The number of nitrogens with zero attached hydrogens (tertiary/aromatic N) is 4. The van der Waals surface area contributed by atoms with Gasteiger partial charge < -0.3 is 25.4 Å². The van der Waals surface area contributed by atoms with E-state index in [4.69, 9.17) is 10.6 Å². The van der Waals surface area contributed by atoms with Crippen molar-refractivity contribution in [1.29, 1.82) is 0 Å². The lowest BCUT2D eigenvalue weighted by Crippen LogP contribution is -2.48. The number of benzene rings is 2. The summed E-state index contributed by atoms with van der Waals surface area (Å²) in [6.07, 6.45) is 3.83. The fraction of sp³-hybridized carbons (Fsp3) is 0.500. The molecule has 256 valence electrons. The van der Waals surface area contributed by atoms with Gasteiger partial charge in [0.1, 0.15) is 18.9 Å². The number of hydroxylamine groups is 1. The van der Waals surface area contributed by atoms with Gasteiger partial charge in [-0.2, -0.15) is 0 Å². The molecule has 13 nitrogen and oxygen atoms in total. The first-order valence-corrected chi connectivity index (χ1v) is 16.2. The molecule has 0 spiro atoms. The number of hydrogen-bond donors (Lipinski definition) is 3. The van der Waals surface area contributed by atoms with Gasteiger partial charge in [0.05, 0.1) is 38.8 Å². The lowest BCUT2D eigenvalue weighted by molar-refractivity contribution is -0.136. The van der Waals surface area contributed by atoms with Crippen molar-refractivity contribution in [3.63, 3.8) is 0 Å². The summed E-state index contributed by atoms with van der Waals surface area (Å²) in [5.74, 6) is -0.497. The Morgan fingerprint density at radius 2 is 1.19 bits per heavy atom. The second-order valence-corrected chi connectivity index (χ2v) is 11.7. The highest BCUT2D eigenvalue weighted by molar-refractivity contribution is 5.80. The van der Waals surface area contributed by atoms with Gasteiger partial charge >= 0.3 is 0 Å². The Morgan fingerprint density at radius 1 is 0.702 bits per heavy atom. The van der Waals surface area contributed by atoms with Crippen LogP contribution in [0.15, 0.2) is 54.6 Å². The first kappa shape index (κ1) is 37.6. The molecule has 1 heterocycles. The predicted molar refractivity (Wildman–Crippen MR) is 178 cm³/mol. The first-order chi connectivity index (χ1) is 22.9. The zero-order valence-electron chi connectivity index (χ0n) is 27.1. The minimum absolute atomic E-state index is 0.128. The zero-order valence-corrected chi connectivity index (χ0v) is 27.1. The zero-order chi connectivity index (χ0) is 33.7. The highest BCUT2D eigenvalue weighted by atomic mass is 16.6. The van der Waals surface area contributed by atoms with Crippen LogP contribution in [0.2, 0.25) is 0 Å². The number of nitrogens with two attached hydrogens (primary N) is 1. The molecule has 2 amide bonds. The fourth-order valence-corrected chi connectivity index (χ4v) is 5.18. The van der Waals surface area contributed by atoms with E-state index in [0.717, 1.165) is 35.5 Å². The number of nitrogens with one attached hydrogen (secondary N) is 2. The van der Waals surface area contributed by atoms with E-state index in [2.05, 4.69) is 10.8 Å². The molecule has 4 N–H and O–H groups in total. The van der Waals surface area contributed by atoms with Gasteiger partial charge in [-0.1, -0.05) is 54.6 Å². The molecule has 0 radical (unpaired) electrons. The Kier molecular flexibility index (Phi) is 17.5. The van der Waals surface area contributed by atoms with E-state index in [1.54, 1.807) is 0 Å². The van der Waals surface area contributed by atoms with E-state index in [9.17, 15) is 24.0 Å². The van der Waals surface area contributed by atoms with Gasteiger partial charge in [0.15, 0.2) is 0 Å². The summed E-state index contributed by atoms with van der Waals surface area (Å²) in [4.78, 5) is 72.4. The van der Waals surface area contributed by atoms with Crippen LogP contribution >= 0.6 is 0 Å². The number of aldehydes is 3. The number of carbonyl (C=O) groups excluding carboxylic acids is 5. The highest BCUT2D eigenvalue weighted by Gasteiger charge is 2.18. The third-order valence-electron chi connectivity index (χ3n) is 8.14. The van der Waals surface area contributed by atoms with Crippen LogP contribution in [0.25, 0.3) is 0 Å². The summed E-state index contributed by atoms with van der Waals surface area (Å²) in [5, 5.41) is 2.98. The molecular formula is C34H49N7O6. The van der Waals surface area contributed by atoms with Crippen molar-refractivity contribution in [3.05, 3.63) is 71.3 Å². The number of hydrogen-bond acceptors (Lipinski definition) is 11. The van der Waals surface area contributed by atoms with Crippen molar-refractivity contribution >= 4 is 30.7 Å². The second kappa shape index (κ2) is 21.9. The molecule has 1 fully saturated rings. The monoisotopic (exact) mass is 651 g/mol. The van der Waals surface area contributed by atoms with E-state index >= 15 is 0 Å². The fourth-order valence-electron chi connectivity index (χ4n) is 5.18. The lowest BCUT2D eigenvalue weighted by Gasteiger charge is -2.32. The van der Waals surface area contributed by atoms with Crippen molar-refractivity contribution < 1.29 is 28.8 Å². The molecule has 3 rings (SSSR count). The van der Waals surface area contributed by atoms with Gasteiger partial charge in [-0.05, 0) is 29.5 Å². The molecule has 1 saturated heterocycles. The molecule has 2 aromatic carbocycles. The standard InChI is InChI=1S/C34H49N7O6/c35-32(11-10-29-4-2-1-3-5-29)34(46)37-47-28-31-8-6-30(7-9-31)26-36-33(45)27-41-18-16-39(21-24-43)14-12-38(20-23-42)13-15-40(17-19-41)22-25-44/h1-9,23-25,32H,10-22,26-28,35H2,(H,36,45)(H,37,46)/t32-/m1/s1. The third-order valence-corrected chi connectivity index (χ3v) is 8.14. The Balaban J connectivity index is 1.43. The smallest absolute Gasteiger partial charge is 0.260 e. The van der Waals surface area contributed by atoms with Crippen LogP contribution < -0.4 is 16.5 Å². The van der Waals surface area contributed by atoms with Crippen LogP contribution in [-0.4, -0.2) is 135 Å². The molecule has 2 aromatic rings. The van der Waals surface area contributed by atoms with E-state index in [1.807, 2.05) is 74.2 Å². The normalized spacial score (nSPS) is 16.7. The van der Waals surface area contributed by atoms with E-state index in [1.165, 1.54) is 0 Å². The second-order valence-electron chi connectivity index (χ2n) is 11.7. The number of amides is 2. The first-order valence-electron chi connectivity index (χ1n) is 16.2. The summed E-state index contributed by atoms with van der Waals surface area (Å²) in [6, 6.07) is 16.7. The average Bonchev–Trinajstić information content (AvgIpc) is 3.08. The Labute approximate surface area is 277 Å². The Bertz CT molecular complexity index is 1210. The van der Waals surface area contributed by atoms with Gasteiger partial charge in [0.25, 0.3) is 5.91 Å². The molecule has 1 aliphatic heterocycles. The summed E-state index contributed by atoms with van der Waals surface area (Å²) >= 11 is 0. The van der Waals surface area contributed by atoms with Crippen molar-refractivity contribution in [1.82, 2.24) is 30.4 Å². The van der Waals surface area contributed by atoms with Crippen LogP contribution in [0.4, 0.5) is 0 Å². The third kappa shape index (κ3) is 15.1. The summed E-state index contributed by atoms with van der Waals surface area (Å²) in [6.45, 7) is 6.41. The van der Waals surface area contributed by atoms with Gasteiger partial charge in [0, 0.05) is 58.9 Å². The minimum atomic E-state index is -0.673. The quantitative estimate of drug-likeness (QED) is 0.151. The SMILES string of the molecule is N[C@H](CCc1ccccc1)C(=O)NOCc1ccc(CNC(=O)CN2CCN(CC=O)CCN(CC=O)CCN(CC=O)CC2)cc1. The van der Waals surface area contributed by atoms with Gasteiger partial charge in [-0.25, -0.2) is 5.48 Å². The van der Waals surface area contributed by atoms with Crippen molar-refractivity contribution in [2.75, 3.05) is 78.5 Å².